The van der Waals surface area contributed by atoms with E-state index in [1.54, 1.807) is 6.26 Å². The van der Waals surface area contributed by atoms with Gasteiger partial charge in [0.05, 0.1) is 12.8 Å². The molecule has 0 amide bonds. The van der Waals surface area contributed by atoms with E-state index in [0.717, 1.165) is 43.3 Å². The van der Waals surface area contributed by atoms with Crippen LogP contribution in [0.4, 0.5) is 0 Å². The third-order valence-electron chi connectivity index (χ3n) is 3.63. The first kappa shape index (κ1) is 12.4. The van der Waals surface area contributed by atoms with Crippen LogP contribution in [0.15, 0.2) is 22.8 Å². The van der Waals surface area contributed by atoms with Crippen molar-refractivity contribution in [3.63, 3.8) is 0 Å². The maximum Gasteiger partial charge on any atom is 0.147 e. The predicted octanol–water partition coefficient (Wildman–Crippen LogP) is 1.93. The molecular weight excluding hydrogens is 240 g/mol. The summed E-state index contributed by atoms with van der Waals surface area (Å²) in [6, 6.07) is 4.30. The highest BCUT2D eigenvalue weighted by molar-refractivity contribution is 5.01. The lowest BCUT2D eigenvalue weighted by Crippen LogP contribution is -2.29. The average molecular weight is 260 g/mol. The van der Waals surface area contributed by atoms with Gasteiger partial charge in [0.1, 0.15) is 17.4 Å². The van der Waals surface area contributed by atoms with Crippen molar-refractivity contribution in [2.24, 2.45) is 0 Å². The molecule has 3 rings (SSSR count). The van der Waals surface area contributed by atoms with Crippen molar-refractivity contribution in [2.45, 2.75) is 51.7 Å². The van der Waals surface area contributed by atoms with E-state index in [0.29, 0.717) is 6.04 Å². The van der Waals surface area contributed by atoms with Gasteiger partial charge in [-0.2, -0.15) is 0 Å². The molecule has 1 atom stereocenters. The first-order valence-electron chi connectivity index (χ1n) is 6.99. The Kier molecular flexibility index (Phi) is 3.64. The molecule has 102 valence electrons. The van der Waals surface area contributed by atoms with Crippen molar-refractivity contribution >= 4 is 0 Å². The van der Waals surface area contributed by atoms with E-state index in [4.69, 9.17) is 4.42 Å². The molecule has 2 aromatic rings. The Bertz CT molecular complexity index is 518. The minimum absolute atomic E-state index is 0.364. The van der Waals surface area contributed by atoms with Gasteiger partial charge in [0.15, 0.2) is 0 Å². The molecule has 1 aliphatic heterocycles. The van der Waals surface area contributed by atoms with Crippen molar-refractivity contribution in [1.29, 1.82) is 0 Å². The molecule has 0 spiro atoms. The summed E-state index contributed by atoms with van der Waals surface area (Å²) in [5.74, 6) is 3.21. The van der Waals surface area contributed by atoms with Gasteiger partial charge in [0, 0.05) is 25.4 Å². The summed E-state index contributed by atoms with van der Waals surface area (Å²) in [6.45, 7) is 4.00. The Morgan fingerprint density at radius 1 is 1.42 bits per heavy atom. The summed E-state index contributed by atoms with van der Waals surface area (Å²) in [7, 11) is 0. The molecule has 5 nitrogen and oxygen atoms in total. The van der Waals surface area contributed by atoms with E-state index in [-0.39, 0.29) is 0 Å². The van der Waals surface area contributed by atoms with Crippen LogP contribution in [-0.2, 0) is 25.9 Å². The van der Waals surface area contributed by atoms with Crippen LogP contribution in [0.25, 0.3) is 0 Å². The Labute approximate surface area is 113 Å². The average Bonchev–Trinajstić information content (AvgIpc) is 3.05. The first-order chi connectivity index (χ1) is 9.33. The van der Waals surface area contributed by atoms with Crippen LogP contribution >= 0.6 is 0 Å². The third-order valence-corrected chi connectivity index (χ3v) is 3.63. The summed E-state index contributed by atoms with van der Waals surface area (Å²) >= 11 is 0. The van der Waals surface area contributed by atoms with Crippen LogP contribution in [0.1, 0.15) is 37.2 Å². The molecule has 0 saturated heterocycles. The van der Waals surface area contributed by atoms with Gasteiger partial charge in [-0.3, -0.25) is 0 Å². The van der Waals surface area contributed by atoms with E-state index in [9.17, 15) is 0 Å². The smallest absolute Gasteiger partial charge is 0.147 e. The number of rotatable bonds is 5. The van der Waals surface area contributed by atoms with Crippen LogP contribution in [-0.4, -0.2) is 20.8 Å². The minimum atomic E-state index is 0.364. The highest BCUT2D eigenvalue weighted by atomic mass is 16.3. The highest BCUT2D eigenvalue weighted by Crippen LogP contribution is 2.14. The SMILES string of the molecule is CC(Cc1ccco1)NCc1nnc2n1CCCC2. The maximum atomic E-state index is 5.36. The lowest BCUT2D eigenvalue weighted by molar-refractivity contribution is 0.442. The molecule has 0 fully saturated rings. The van der Waals surface area contributed by atoms with Crippen LogP contribution in [0.2, 0.25) is 0 Å². The monoisotopic (exact) mass is 260 g/mol. The number of aryl methyl sites for hydroxylation is 1. The van der Waals surface area contributed by atoms with E-state index in [1.165, 1.54) is 12.8 Å². The lowest BCUT2D eigenvalue weighted by Gasteiger charge is -2.16. The summed E-state index contributed by atoms with van der Waals surface area (Å²) in [5.41, 5.74) is 0. The number of hydrogen-bond acceptors (Lipinski definition) is 4. The van der Waals surface area contributed by atoms with E-state index >= 15 is 0 Å². The highest BCUT2D eigenvalue weighted by Gasteiger charge is 2.16. The fraction of sp³-hybridized carbons (Fsp3) is 0.571. The van der Waals surface area contributed by atoms with Crippen molar-refractivity contribution in [2.75, 3.05) is 0 Å². The largest absolute Gasteiger partial charge is 0.469 e. The third kappa shape index (κ3) is 2.87. The van der Waals surface area contributed by atoms with Crippen molar-refractivity contribution in [3.8, 4) is 0 Å². The van der Waals surface area contributed by atoms with E-state index in [2.05, 4.69) is 27.0 Å². The quantitative estimate of drug-likeness (QED) is 0.892. The molecule has 3 heterocycles. The molecule has 19 heavy (non-hydrogen) atoms. The van der Waals surface area contributed by atoms with Crippen LogP contribution < -0.4 is 5.32 Å². The molecule has 0 radical (unpaired) electrons. The molecule has 0 bridgehead atoms. The Morgan fingerprint density at radius 2 is 2.37 bits per heavy atom. The minimum Gasteiger partial charge on any atom is -0.469 e. The Balaban J connectivity index is 1.55. The summed E-state index contributed by atoms with van der Waals surface area (Å²) in [6.07, 6.45) is 6.15. The fourth-order valence-corrected chi connectivity index (χ4v) is 2.57. The molecule has 1 N–H and O–H groups in total. The number of nitrogens with zero attached hydrogens (tertiary/aromatic N) is 3. The Morgan fingerprint density at radius 3 is 3.21 bits per heavy atom. The van der Waals surface area contributed by atoms with Crippen LogP contribution in [0.3, 0.4) is 0 Å². The molecule has 1 unspecified atom stereocenters. The van der Waals surface area contributed by atoms with Gasteiger partial charge < -0.3 is 14.3 Å². The summed E-state index contributed by atoms with van der Waals surface area (Å²) in [5, 5.41) is 12.0. The molecule has 0 saturated carbocycles. The van der Waals surface area contributed by atoms with Gasteiger partial charge in [-0.05, 0) is 31.9 Å². The standard InChI is InChI=1S/C14H20N4O/c1-11(9-12-5-4-8-19-12)15-10-14-17-16-13-6-2-3-7-18(13)14/h4-5,8,11,15H,2-3,6-7,9-10H2,1H3. The number of furan rings is 1. The van der Waals surface area contributed by atoms with Crippen molar-refractivity contribution in [3.05, 3.63) is 35.8 Å². The molecule has 5 heteroatoms. The van der Waals surface area contributed by atoms with Crippen molar-refractivity contribution in [1.82, 2.24) is 20.1 Å². The molecule has 2 aromatic heterocycles. The van der Waals surface area contributed by atoms with Gasteiger partial charge in [-0.25, -0.2) is 0 Å². The maximum absolute atomic E-state index is 5.36. The van der Waals surface area contributed by atoms with E-state index < -0.39 is 0 Å². The van der Waals surface area contributed by atoms with Gasteiger partial charge in [0.25, 0.3) is 0 Å². The number of fused-ring (bicyclic) bond motifs is 1. The van der Waals surface area contributed by atoms with Gasteiger partial charge in [-0.15, -0.1) is 10.2 Å². The second-order valence-corrected chi connectivity index (χ2v) is 5.21. The molecule has 0 aliphatic carbocycles. The number of aromatic nitrogens is 3. The second-order valence-electron chi connectivity index (χ2n) is 5.21. The van der Waals surface area contributed by atoms with Gasteiger partial charge in [0.2, 0.25) is 0 Å². The molecule has 0 aromatic carbocycles. The zero-order chi connectivity index (χ0) is 13.1. The Hall–Kier alpha value is -1.62. The topological polar surface area (TPSA) is 55.9 Å². The predicted molar refractivity (Wildman–Crippen MR) is 71.7 cm³/mol. The first-order valence-corrected chi connectivity index (χ1v) is 6.99. The summed E-state index contributed by atoms with van der Waals surface area (Å²) in [4.78, 5) is 0. The van der Waals surface area contributed by atoms with Gasteiger partial charge >= 0.3 is 0 Å². The van der Waals surface area contributed by atoms with Crippen LogP contribution in [0, 0.1) is 0 Å². The summed E-state index contributed by atoms with van der Waals surface area (Å²) < 4.78 is 7.62. The zero-order valence-electron chi connectivity index (χ0n) is 11.3. The zero-order valence-corrected chi connectivity index (χ0v) is 11.3. The van der Waals surface area contributed by atoms with E-state index in [1.807, 2.05) is 12.1 Å². The second kappa shape index (κ2) is 5.57. The number of hydrogen-bond donors (Lipinski definition) is 1. The van der Waals surface area contributed by atoms with Crippen LogP contribution in [0.5, 0.6) is 0 Å². The molecule has 1 aliphatic rings. The normalized spacial score (nSPS) is 16.3. The van der Waals surface area contributed by atoms with Gasteiger partial charge in [-0.1, -0.05) is 0 Å². The fourth-order valence-electron chi connectivity index (χ4n) is 2.57. The number of nitrogens with one attached hydrogen (secondary N) is 1. The lowest BCUT2D eigenvalue weighted by atomic mass is 10.1. The molecular formula is C14H20N4O. The van der Waals surface area contributed by atoms with Crippen molar-refractivity contribution < 1.29 is 4.42 Å².